The Kier molecular flexibility index (Phi) is 21.8. The number of nitrogens with one attached hydrogen (secondary N) is 1. The number of hydrogen-bond donors (Lipinski definition) is 4. The van der Waals surface area contributed by atoms with Crippen LogP contribution in [0.3, 0.4) is 0 Å². The SMILES string of the molecule is CCCCCCCC/C=C/CCCCCCCC(=O)NCCN(CCO)CC(O)CS(=O)(=O)O. The zero-order valence-electron chi connectivity index (χ0n) is 21.3. The molecule has 0 bridgehead atoms. The molecule has 0 fully saturated rings. The van der Waals surface area contributed by atoms with Crippen molar-refractivity contribution in [1.82, 2.24) is 10.2 Å². The number of carbonyl (C=O) groups excluding carboxylic acids is 1. The first-order valence-corrected chi connectivity index (χ1v) is 14.8. The minimum atomic E-state index is -4.26. The summed E-state index contributed by atoms with van der Waals surface area (Å²) in [6, 6.07) is 0. The molecule has 0 saturated heterocycles. The Labute approximate surface area is 207 Å². The van der Waals surface area contributed by atoms with E-state index in [9.17, 15) is 18.3 Å². The molecule has 0 radical (unpaired) electrons. The Balaban J connectivity index is 3.66. The molecule has 0 aromatic heterocycles. The van der Waals surface area contributed by atoms with Crippen molar-refractivity contribution in [2.45, 2.75) is 103 Å². The van der Waals surface area contributed by atoms with E-state index >= 15 is 0 Å². The van der Waals surface area contributed by atoms with E-state index in [1.807, 2.05) is 0 Å². The van der Waals surface area contributed by atoms with Crippen molar-refractivity contribution >= 4 is 16.0 Å². The van der Waals surface area contributed by atoms with Crippen LogP contribution in [0.4, 0.5) is 0 Å². The highest BCUT2D eigenvalue weighted by atomic mass is 32.2. The zero-order chi connectivity index (χ0) is 25.5. The van der Waals surface area contributed by atoms with Gasteiger partial charge in [-0.25, -0.2) is 0 Å². The molecule has 0 aromatic carbocycles. The van der Waals surface area contributed by atoms with Crippen molar-refractivity contribution in [3.05, 3.63) is 12.2 Å². The number of unbranched alkanes of at least 4 members (excludes halogenated alkanes) is 11. The highest BCUT2D eigenvalue weighted by molar-refractivity contribution is 7.85. The number of rotatable bonds is 24. The predicted molar refractivity (Wildman–Crippen MR) is 138 cm³/mol. The molecule has 34 heavy (non-hydrogen) atoms. The Morgan fingerprint density at radius 1 is 0.912 bits per heavy atom. The first-order chi connectivity index (χ1) is 16.3. The highest BCUT2D eigenvalue weighted by Crippen LogP contribution is 2.10. The second-order valence-electron chi connectivity index (χ2n) is 9.11. The normalized spacial score (nSPS) is 13.1. The molecule has 0 saturated carbocycles. The number of aliphatic hydroxyl groups is 2. The molecule has 0 heterocycles. The van der Waals surface area contributed by atoms with Gasteiger partial charge in [-0.2, -0.15) is 8.42 Å². The molecule has 4 N–H and O–H groups in total. The van der Waals surface area contributed by atoms with Gasteiger partial charge in [0.15, 0.2) is 0 Å². The van der Waals surface area contributed by atoms with Crippen LogP contribution in [0.25, 0.3) is 0 Å². The molecule has 8 nitrogen and oxygen atoms in total. The molecule has 1 unspecified atom stereocenters. The lowest BCUT2D eigenvalue weighted by Gasteiger charge is -2.23. The van der Waals surface area contributed by atoms with Crippen molar-refractivity contribution in [3.63, 3.8) is 0 Å². The molecule has 0 aliphatic carbocycles. The van der Waals surface area contributed by atoms with E-state index in [-0.39, 0.29) is 25.6 Å². The molecular weight excluding hydrogens is 456 g/mol. The molecule has 0 rings (SSSR count). The van der Waals surface area contributed by atoms with E-state index in [0.717, 1.165) is 25.7 Å². The van der Waals surface area contributed by atoms with Crippen LogP contribution < -0.4 is 5.32 Å². The summed E-state index contributed by atoms with van der Waals surface area (Å²) < 4.78 is 30.5. The van der Waals surface area contributed by atoms with Gasteiger partial charge in [-0.1, -0.05) is 70.4 Å². The minimum Gasteiger partial charge on any atom is -0.395 e. The van der Waals surface area contributed by atoms with Crippen LogP contribution >= 0.6 is 0 Å². The number of hydrogen-bond acceptors (Lipinski definition) is 6. The van der Waals surface area contributed by atoms with E-state index in [0.29, 0.717) is 19.5 Å². The largest absolute Gasteiger partial charge is 0.395 e. The van der Waals surface area contributed by atoms with Crippen LogP contribution in [-0.4, -0.2) is 78.6 Å². The number of nitrogens with zero attached hydrogens (tertiary/aromatic N) is 1. The van der Waals surface area contributed by atoms with Gasteiger partial charge in [-0.15, -0.1) is 0 Å². The zero-order valence-corrected chi connectivity index (χ0v) is 22.1. The summed E-state index contributed by atoms with van der Waals surface area (Å²) in [5, 5.41) is 21.7. The minimum absolute atomic E-state index is 0.00947. The number of carbonyl (C=O) groups is 1. The lowest BCUT2D eigenvalue weighted by molar-refractivity contribution is -0.121. The van der Waals surface area contributed by atoms with Crippen LogP contribution in [-0.2, 0) is 14.9 Å². The van der Waals surface area contributed by atoms with E-state index in [4.69, 9.17) is 9.66 Å². The summed E-state index contributed by atoms with van der Waals surface area (Å²) in [5.74, 6) is -0.781. The van der Waals surface area contributed by atoms with Gasteiger partial charge >= 0.3 is 0 Å². The Bertz CT molecular complexity index is 613. The molecule has 0 aromatic rings. The van der Waals surface area contributed by atoms with Crippen LogP contribution in [0.2, 0.25) is 0 Å². The Hall–Kier alpha value is -1.00. The Morgan fingerprint density at radius 2 is 1.47 bits per heavy atom. The third kappa shape index (κ3) is 24.1. The molecular formula is C25H50N2O6S. The van der Waals surface area contributed by atoms with E-state index in [1.54, 1.807) is 4.90 Å². The standard InChI is InChI=1S/C25H50N2O6S/c1-2-3-4-5-6-7-8-9-10-11-12-13-14-15-16-17-25(30)26-18-19-27(20-21-28)22-24(29)23-34(31,32)33/h9-10,24,28-29H,2-8,11-23H2,1H3,(H,26,30)(H,31,32,33)/b10-9+. The molecule has 0 aliphatic heterocycles. The van der Waals surface area contributed by atoms with Gasteiger partial charge in [0.1, 0.15) is 5.75 Å². The van der Waals surface area contributed by atoms with Gasteiger partial charge in [0.25, 0.3) is 10.1 Å². The van der Waals surface area contributed by atoms with Crippen LogP contribution in [0.5, 0.6) is 0 Å². The van der Waals surface area contributed by atoms with Crippen molar-refractivity contribution in [2.75, 3.05) is 38.5 Å². The lowest BCUT2D eigenvalue weighted by atomic mass is 10.1. The molecule has 0 spiro atoms. The van der Waals surface area contributed by atoms with Gasteiger partial charge in [0, 0.05) is 32.6 Å². The van der Waals surface area contributed by atoms with E-state index < -0.39 is 22.0 Å². The van der Waals surface area contributed by atoms with Gasteiger partial charge in [0.2, 0.25) is 5.91 Å². The maximum atomic E-state index is 12.0. The topological polar surface area (TPSA) is 127 Å². The fraction of sp³-hybridized carbons (Fsp3) is 0.880. The lowest BCUT2D eigenvalue weighted by Crippen LogP contribution is -2.42. The van der Waals surface area contributed by atoms with E-state index in [1.165, 1.54) is 57.8 Å². The second-order valence-corrected chi connectivity index (χ2v) is 10.6. The molecule has 202 valence electrons. The summed E-state index contributed by atoms with van der Waals surface area (Å²) in [4.78, 5) is 13.6. The fourth-order valence-corrected chi connectivity index (χ4v) is 4.42. The number of aliphatic hydroxyl groups excluding tert-OH is 2. The number of allylic oxidation sites excluding steroid dienone is 2. The summed E-state index contributed by atoms with van der Waals surface area (Å²) in [6.45, 7) is 3.05. The summed E-state index contributed by atoms with van der Waals surface area (Å²) in [7, 11) is -4.26. The summed E-state index contributed by atoms with van der Waals surface area (Å²) >= 11 is 0. The summed E-state index contributed by atoms with van der Waals surface area (Å²) in [6.07, 6.45) is 19.6. The monoisotopic (exact) mass is 506 g/mol. The fourth-order valence-electron chi connectivity index (χ4n) is 3.83. The third-order valence-corrected chi connectivity index (χ3v) is 6.51. The third-order valence-electron chi connectivity index (χ3n) is 5.70. The van der Waals surface area contributed by atoms with Crippen molar-refractivity contribution in [3.8, 4) is 0 Å². The number of amides is 1. The van der Waals surface area contributed by atoms with Crippen molar-refractivity contribution in [1.29, 1.82) is 0 Å². The predicted octanol–water partition coefficient (Wildman–Crippen LogP) is 3.68. The van der Waals surface area contributed by atoms with Crippen LogP contribution in [0, 0.1) is 0 Å². The molecule has 1 amide bonds. The summed E-state index contributed by atoms with van der Waals surface area (Å²) in [5.41, 5.74) is 0. The van der Waals surface area contributed by atoms with Crippen molar-refractivity contribution in [2.24, 2.45) is 0 Å². The molecule has 9 heteroatoms. The first kappa shape index (κ1) is 33.0. The molecule has 1 atom stereocenters. The second kappa shape index (κ2) is 22.5. The average molecular weight is 507 g/mol. The van der Waals surface area contributed by atoms with Gasteiger partial charge in [-0.05, 0) is 32.1 Å². The van der Waals surface area contributed by atoms with Crippen molar-refractivity contribution < 1.29 is 28.0 Å². The van der Waals surface area contributed by atoms with Gasteiger partial charge < -0.3 is 15.5 Å². The Morgan fingerprint density at radius 3 is 2.03 bits per heavy atom. The highest BCUT2D eigenvalue weighted by Gasteiger charge is 2.17. The first-order valence-electron chi connectivity index (χ1n) is 13.2. The smallest absolute Gasteiger partial charge is 0.267 e. The van der Waals surface area contributed by atoms with Gasteiger partial charge in [-0.3, -0.25) is 14.2 Å². The maximum Gasteiger partial charge on any atom is 0.267 e. The maximum absolute atomic E-state index is 12.0. The van der Waals surface area contributed by atoms with Crippen LogP contribution in [0.1, 0.15) is 96.8 Å². The molecule has 0 aliphatic rings. The average Bonchev–Trinajstić information content (AvgIpc) is 2.75. The van der Waals surface area contributed by atoms with Gasteiger partial charge in [0.05, 0.1) is 12.7 Å². The van der Waals surface area contributed by atoms with E-state index in [2.05, 4.69) is 24.4 Å². The van der Waals surface area contributed by atoms with Crippen LogP contribution in [0.15, 0.2) is 12.2 Å². The quantitative estimate of drug-likeness (QED) is 0.0893.